The summed E-state index contributed by atoms with van der Waals surface area (Å²) in [4.78, 5) is 12.0. The van der Waals surface area contributed by atoms with Gasteiger partial charge in [-0.05, 0) is 19.3 Å². The highest BCUT2D eigenvalue weighted by Gasteiger charge is 2.37. The molecule has 0 saturated heterocycles. The van der Waals surface area contributed by atoms with Gasteiger partial charge < -0.3 is 0 Å². The molecule has 0 amide bonds. The van der Waals surface area contributed by atoms with Crippen LogP contribution in [0.3, 0.4) is 0 Å². The third-order valence-corrected chi connectivity index (χ3v) is 3.49. The Labute approximate surface area is 81.9 Å². The van der Waals surface area contributed by atoms with Gasteiger partial charge in [-0.1, -0.05) is 40.0 Å². The highest BCUT2D eigenvalue weighted by Crippen LogP contribution is 2.39. The molecule has 0 aromatic heterocycles. The van der Waals surface area contributed by atoms with Crippen LogP contribution in [-0.4, -0.2) is 5.78 Å². The third kappa shape index (κ3) is 2.32. The fraction of sp³-hybridized carbons (Fsp3) is 0.917. The molecule has 0 bridgehead atoms. The first-order valence-electron chi connectivity index (χ1n) is 5.64. The van der Waals surface area contributed by atoms with Crippen molar-refractivity contribution in [1.29, 1.82) is 0 Å². The molecule has 1 aliphatic carbocycles. The highest BCUT2D eigenvalue weighted by atomic mass is 16.1. The Hall–Kier alpha value is -0.330. The predicted octanol–water partition coefficient (Wildman–Crippen LogP) is 3.57. The van der Waals surface area contributed by atoms with Crippen LogP contribution in [0.15, 0.2) is 0 Å². The molecule has 2 atom stereocenters. The summed E-state index contributed by atoms with van der Waals surface area (Å²) in [5.41, 5.74) is 0.0215. The average molecular weight is 182 g/mol. The number of rotatable bonds is 3. The van der Waals surface area contributed by atoms with E-state index < -0.39 is 0 Å². The minimum Gasteiger partial charge on any atom is -0.299 e. The molecular formula is C12H22O. The Balaban J connectivity index is 2.58. The molecule has 1 heteroatoms. The van der Waals surface area contributed by atoms with Gasteiger partial charge in [-0.25, -0.2) is 0 Å². The minimum atomic E-state index is 0.0215. The molecule has 0 N–H and O–H groups in total. The number of ketones is 1. The topological polar surface area (TPSA) is 17.1 Å². The van der Waals surface area contributed by atoms with Crippen molar-refractivity contribution in [3.05, 3.63) is 0 Å². The summed E-state index contributed by atoms with van der Waals surface area (Å²) < 4.78 is 0. The summed E-state index contributed by atoms with van der Waals surface area (Å²) in [6, 6.07) is 0. The summed E-state index contributed by atoms with van der Waals surface area (Å²) in [7, 11) is 0. The van der Waals surface area contributed by atoms with E-state index in [4.69, 9.17) is 0 Å². The Morgan fingerprint density at radius 2 is 2.23 bits per heavy atom. The van der Waals surface area contributed by atoms with Gasteiger partial charge in [0.15, 0.2) is 0 Å². The molecule has 1 saturated carbocycles. The monoisotopic (exact) mass is 182 g/mol. The van der Waals surface area contributed by atoms with Crippen molar-refractivity contribution in [3.8, 4) is 0 Å². The van der Waals surface area contributed by atoms with E-state index in [9.17, 15) is 4.79 Å². The molecule has 76 valence electrons. The van der Waals surface area contributed by atoms with Gasteiger partial charge in [-0.3, -0.25) is 4.79 Å². The largest absolute Gasteiger partial charge is 0.299 e. The van der Waals surface area contributed by atoms with E-state index in [1.54, 1.807) is 0 Å². The third-order valence-electron chi connectivity index (χ3n) is 3.49. The Kier molecular flexibility index (Phi) is 3.52. The van der Waals surface area contributed by atoms with Crippen LogP contribution in [0.4, 0.5) is 0 Å². The quantitative estimate of drug-likeness (QED) is 0.652. The van der Waals surface area contributed by atoms with Gasteiger partial charge in [-0.15, -0.1) is 0 Å². The van der Waals surface area contributed by atoms with Crippen LogP contribution in [0.1, 0.15) is 59.3 Å². The summed E-state index contributed by atoms with van der Waals surface area (Å²) >= 11 is 0. The first-order valence-corrected chi connectivity index (χ1v) is 5.64. The van der Waals surface area contributed by atoms with E-state index in [1.165, 1.54) is 19.3 Å². The van der Waals surface area contributed by atoms with Crippen molar-refractivity contribution in [2.45, 2.75) is 59.3 Å². The van der Waals surface area contributed by atoms with Crippen LogP contribution >= 0.6 is 0 Å². The van der Waals surface area contributed by atoms with Crippen LogP contribution < -0.4 is 0 Å². The number of unbranched alkanes of at least 4 members (excludes halogenated alkanes) is 1. The van der Waals surface area contributed by atoms with Gasteiger partial charge in [0.25, 0.3) is 0 Å². The van der Waals surface area contributed by atoms with E-state index in [1.807, 2.05) is 0 Å². The van der Waals surface area contributed by atoms with E-state index >= 15 is 0 Å². The summed E-state index contributed by atoms with van der Waals surface area (Å²) in [6.45, 7) is 6.45. The molecule has 1 fully saturated rings. The van der Waals surface area contributed by atoms with E-state index in [0.717, 1.165) is 19.3 Å². The van der Waals surface area contributed by atoms with Crippen molar-refractivity contribution in [2.75, 3.05) is 0 Å². The second-order valence-electron chi connectivity index (χ2n) is 4.82. The number of carbonyl (C=O) groups is 1. The van der Waals surface area contributed by atoms with E-state index in [2.05, 4.69) is 20.8 Å². The van der Waals surface area contributed by atoms with Gasteiger partial charge in [0.1, 0.15) is 5.78 Å². The maximum absolute atomic E-state index is 12.0. The van der Waals surface area contributed by atoms with Crippen LogP contribution in [0.5, 0.6) is 0 Å². The van der Waals surface area contributed by atoms with Gasteiger partial charge in [0.05, 0.1) is 0 Å². The zero-order valence-electron chi connectivity index (χ0n) is 9.23. The SMILES string of the molecule is CCCCC1(C)CCCC(C)C1=O. The second kappa shape index (κ2) is 4.26. The van der Waals surface area contributed by atoms with Crippen LogP contribution in [0, 0.1) is 11.3 Å². The normalized spacial score (nSPS) is 35.0. The predicted molar refractivity (Wildman–Crippen MR) is 55.7 cm³/mol. The highest BCUT2D eigenvalue weighted by molar-refractivity contribution is 5.87. The fourth-order valence-corrected chi connectivity index (χ4v) is 2.46. The van der Waals surface area contributed by atoms with E-state index in [-0.39, 0.29) is 5.41 Å². The first-order chi connectivity index (χ1) is 6.10. The van der Waals surface area contributed by atoms with E-state index in [0.29, 0.717) is 11.7 Å². The molecule has 0 radical (unpaired) electrons. The molecule has 0 aromatic carbocycles. The number of carbonyl (C=O) groups excluding carboxylic acids is 1. The van der Waals surface area contributed by atoms with Crippen molar-refractivity contribution in [2.24, 2.45) is 11.3 Å². The molecule has 2 unspecified atom stereocenters. The lowest BCUT2D eigenvalue weighted by molar-refractivity contribution is -0.135. The molecular weight excluding hydrogens is 160 g/mol. The van der Waals surface area contributed by atoms with Crippen LogP contribution in [0.25, 0.3) is 0 Å². The Bertz CT molecular complexity index is 186. The van der Waals surface area contributed by atoms with Crippen molar-refractivity contribution < 1.29 is 4.79 Å². The molecule has 0 heterocycles. The maximum atomic E-state index is 12.0. The van der Waals surface area contributed by atoms with Crippen LogP contribution in [-0.2, 0) is 4.79 Å². The minimum absolute atomic E-state index is 0.0215. The summed E-state index contributed by atoms with van der Waals surface area (Å²) in [6.07, 6.45) is 6.99. The lowest BCUT2D eigenvalue weighted by Gasteiger charge is -2.35. The first kappa shape index (κ1) is 10.7. The van der Waals surface area contributed by atoms with Gasteiger partial charge in [0, 0.05) is 11.3 Å². The molecule has 13 heavy (non-hydrogen) atoms. The standard InChI is InChI=1S/C12H22O/c1-4-5-8-12(3)9-6-7-10(2)11(12)13/h10H,4-9H2,1-3H3. The smallest absolute Gasteiger partial charge is 0.141 e. The van der Waals surface area contributed by atoms with Gasteiger partial charge in [0.2, 0.25) is 0 Å². The molecule has 1 nitrogen and oxygen atoms in total. The molecule has 0 spiro atoms. The summed E-state index contributed by atoms with van der Waals surface area (Å²) in [5.74, 6) is 0.836. The Morgan fingerprint density at radius 3 is 2.85 bits per heavy atom. The zero-order chi connectivity index (χ0) is 9.90. The number of Topliss-reactive ketones (excluding diaryl/α,β-unsaturated/α-hetero) is 1. The number of hydrogen-bond donors (Lipinski definition) is 0. The lowest BCUT2D eigenvalue weighted by Crippen LogP contribution is -2.36. The number of hydrogen-bond acceptors (Lipinski definition) is 1. The van der Waals surface area contributed by atoms with Gasteiger partial charge >= 0.3 is 0 Å². The van der Waals surface area contributed by atoms with Crippen molar-refractivity contribution >= 4 is 5.78 Å². The zero-order valence-corrected chi connectivity index (χ0v) is 9.23. The van der Waals surface area contributed by atoms with Crippen molar-refractivity contribution in [3.63, 3.8) is 0 Å². The average Bonchev–Trinajstić information content (AvgIpc) is 2.11. The van der Waals surface area contributed by atoms with Gasteiger partial charge in [-0.2, -0.15) is 0 Å². The lowest BCUT2D eigenvalue weighted by atomic mass is 9.68. The van der Waals surface area contributed by atoms with Crippen LogP contribution in [0.2, 0.25) is 0 Å². The Morgan fingerprint density at radius 1 is 1.54 bits per heavy atom. The van der Waals surface area contributed by atoms with Crippen molar-refractivity contribution in [1.82, 2.24) is 0 Å². The summed E-state index contributed by atoms with van der Waals surface area (Å²) in [5, 5.41) is 0. The molecule has 1 aliphatic rings. The molecule has 1 rings (SSSR count). The second-order valence-corrected chi connectivity index (χ2v) is 4.82. The molecule has 0 aromatic rings. The maximum Gasteiger partial charge on any atom is 0.141 e. The fourth-order valence-electron chi connectivity index (χ4n) is 2.46. The molecule has 0 aliphatic heterocycles.